The van der Waals surface area contributed by atoms with Crippen LogP contribution in [-0.2, 0) is 6.42 Å². The van der Waals surface area contributed by atoms with Gasteiger partial charge in [-0.2, -0.15) is 0 Å². The van der Waals surface area contributed by atoms with Crippen molar-refractivity contribution >= 4 is 31.7 Å². The second kappa shape index (κ2) is 3.85. The molecule has 0 spiro atoms. The summed E-state index contributed by atoms with van der Waals surface area (Å²) >= 11 is 2.46. The molecule has 1 unspecified atom stereocenters. The second-order valence-electron chi connectivity index (χ2n) is 4.69. The highest BCUT2D eigenvalue weighted by Gasteiger charge is 2.34. The number of para-hydroxylation sites is 1. The first kappa shape index (κ1) is 10.6. The van der Waals surface area contributed by atoms with Gasteiger partial charge in [0.25, 0.3) is 0 Å². The van der Waals surface area contributed by atoms with E-state index in [4.69, 9.17) is 4.74 Å². The van der Waals surface area contributed by atoms with Crippen LogP contribution in [0.4, 0.5) is 0 Å². The summed E-state index contributed by atoms with van der Waals surface area (Å²) in [6.45, 7) is 0. The van der Waals surface area contributed by atoms with E-state index in [1.165, 1.54) is 25.8 Å². The molecule has 18 heavy (non-hydrogen) atoms. The van der Waals surface area contributed by atoms with E-state index < -0.39 is 0 Å². The molecule has 1 heterocycles. The van der Waals surface area contributed by atoms with E-state index in [2.05, 4.69) is 65.1 Å². The Morgan fingerprint density at radius 3 is 2.56 bits per heavy atom. The molecule has 2 aromatic carbocycles. The number of hydrogen-bond acceptors (Lipinski definition) is 1. The van der Waals surface area contributed by atoms with E-state index in [9.17, 15) is 0 Å². The summed E-state index contributed by atoms with van der Waals surface area (Å²) in [5, 5.41) is 0. The molecular weight excluding hydrogens is 335 g/mol. The minimum absolute atomic E-state index is 0.198. The molecule has 0 fully saturated rings. The summed E-state index contributed by atoms with van der Waals surface area (Å²) in [5.41, 5.74) is 5.35. The highest BCUT2D eigenvalue weighted by molar-refractivity contribution is 14.1. The van der Waals surface area contributed by atoms with E-state index >= 15 is 0 Å². The third-order valence-corrected chi connectivity index (χ3v) is 4.83. The van der Waals surface area contributed by atoms with Gasteiger partial charge in [-0.05, 0) is 39.8 Å². The number of rotatable bonds is 0. The molecule has 0 saturated carbocycles. The van der Waals surface area contributed by atoms with Crippen molar-refractivity contribution in [3.63, 3.8) is 0 Å². The Bertz CT molecular complexity index is 672. The third-order valence-electron chi connectivity index (χ3n) is 3.66. The molecule has 2 aliphatic rings. The lowest BCUT2D eigenvalue weighted by molar-refractivity contribution is 0.262. The number of ether oxygens (including phenoxy) is 1. The third kappa shape index (κ3) is 1.38. The molecule has 0 amide bonds. The van der Waals surface area contributed by atoms with Gasteiger partial charge in [0.2, 0.25) is 0 Å². The zero-order valence-corrected chi connectivity index (χ0v) is 11.8. The molecule has 0 radical (unpaired) electrons. The maximum Gasteiger partial charge on any atom is 0.129 e. The van der Waals surface area contributed by atoms with Gasteiger partial charge in [-0.15, -0.1) is 0 Å². The van der Waals surface area contributed by atoms with Gasteiger partial charge in [-0.25, -0.2) is 0 Å². The van der Waals surface area contributed by atoms with Crippen LogP contribution in [0.3, 0.4) is 0 Å². The van der Waals surface area contributed by atoms with Crippen LogP contribution in [0.25, 0.3) is 9.15 Å². The average molecular weight is 346 g/mol. The quantitative estimate of drug-likeness (QED) is 0.646. The minimum atomic E-state index is 0.198. The first-order chi connectivity index (χ1) is 8.84. The van der Waals surface area contributed by atoms with Gasteiger partial charge < -0.3 is 4.74 Å². The van der Waals surface area contributed by atoms with Crippen LogP contribution in [0, 0.1) is 0 Å². The van der Waals surface area contributed by atoms with Crippen LogP contribution < -0.4 is 4.74 Å². The van der Waals surface area contributed by atoms with Gasteiger partial charge in [0.1, 0.15) is 11.9 Å². The Kier molecular flexibility index (Phi) is 2.27. The lowest BCUT2D eigenvalue weighted by Gasteiger charge is -2.25. The fourth-order valence-electron chi connectivity index (χ4n) is 2.85. The largest absolute Gasteiger partial charge is 0.485 e. The van der Waals surface area contributed by atoms with Crippen molar-refractivity contribution in [1.29, 1.82) is 0 Å². The van der Waals surface area contributed by atoms with Gasteiger partial charge >= 0.3 is 0 Å². The standard InChI is InChI=1S/C16H11IO/c17-16-12-7-3-4-8-13(12)18-14-9-10-5-1-2-6-11(10)15(14)16/h1-8,14H,9H2. The molecule has 88 valence electrons. The average Bonchev–Trinajstić information content (AvgIpc) is 2.77. The van der Waals surface area contributed by atoms with Gasteiger partial charge in [-0.3, -0.25) is 0 Å². The predicted octanol–water partition coefficient (Wildman–Crippen LogP) is 4.31. The fraction of sp³-hybridized carbons (Fsp3) is 0.125. The molecule has 0 bridgehead atoms. The second-order valence-corrected chi connectivity index (χ2v) is 5.77. The van der Waals surface area contributed by atoms with Crippen molar-refractivity contribution in [1.82, 2.24) is 0 Å². The lowest BCUT2D eigenvalue weighted by atomic mass is 10.0. The van der Waals surface area contributed by atoms with Crippen LogP contribution in [0.15, 0.2) is 48.5 Å². The van der Waals surface area contributed by atoms with Crippen molar-refractivity contribution in [2.24, 2.45) is 0 Å². The number of halogens is 1. The topological polar surface area (TPSA) is 9.23 Å². The minimum Gasteiger partial charge on any atom is -0.485 e. The molecule has 2 aromatic rings. The Balaban J connectivity index is 1.99. The normalized spacial score (nSPS) is 19.9. The Morgan fingerprint density at radius 2 is 1.67 bits per heavy atom. The number of fused-ring (bicyclic) bond motifs is 4. The van der Waals surface area contributed by atoms with Gasteiger partial charge in [-0.1, -0.05) is 42.5 Å². The van der Waals surface area contributed by atoms with E-state index in [1.807, 2.05) is 6.07 Å². The molecule has 0 aromatic heterocycles. The van der Waals surface area contributed by atoms with E-state index in [0.717, 1.165) is 12.2 Å². The SMILES string of the molecule is IC1=C2c3ccccc3CC2Oc2ccccc21. The van der Waals surface area contributed by atoms with Gasteiger partial charge in [0, 0.05) is 21.1 Å². The zero-order valence-electron chi connectivity index (χ0n) is 9.69. The van der Waals surface area contributed by atoms with E-state index in [0.29, 0.717) is 0 Å². The summed E-state index contributed by atoms with van der Waals surface area (Å²) < 4.78 is 7.48. The zero-order chi connectivity index (χ0) is 12.1. The maximum absolute atomic E-state index is 6.15. The predicted molar refractivity (Wildman–Crippen MR) is 81.8 cm³/mol. The van der Waals surface area contributed by atoms with Crippen LogP contribution in [0.2, 0.25) is 0 Å². The van der Waals surface area contributed by atoms with E-state index in [1.54, 1.807) is 0 Å². The van der Waals surface area contributed by atoms with Crippen molar-refractivity contribution < 1.29 is 4.74 Å². The monoisotopic (exact) mass is 346 g/mol. The molecule has 2 heteroatoms. The van der Waals surface area contributed by atoms with E-state index in [-0.39, 0.29) is 6.10 Å². The number of benzene rings is 2. The molecule has 0 saturated heterocycles. The first-order valence-electron chi connectivity index (χ1n) is 6.08. The van der Waals surface area contributed by atoms with Crippen molar-refractivity contribution in [3.05, 3.63) is 65.2 Å². The molecule has 1 aliphatic carbocycles. The van der Waals surface area contributed by atoms with Crippen molar-refractivity contribution in [2.75, 3.05) is 0 Å². The summed E-state index contributed by atoms with van der Waals surface area (Å²) in [5.74, 6) is 1.02. The van der Waals surface area contributed by atoms with Crippen LogP contribution in [0.1, 0.15) is 16.7 Å². The van der Waals surface area contributed by atoms with Crippen LogP contribution in [0.5, 0.6) is 5.75 Å². The fourth-order valence-corrected chi connectivity index (χ4v) is 3.93. The first-order valence-corrected chi connectivity index (χ1v) is 7.16. The van der Waals surface area contributed by atoms with Crippen LogP contribution in [-0.4, -0.2) is 6.10 Å². The molecule has 1 atom stereocenters. The van der Waals surface area contributed by atoms with Crippen molar-refractivity contribution in [3.8, 4) is 5.75 Å². The summed E-state index contributed by atoms with van der Waals surface area (Å²) in [6.07, 6.45) is 1.19. The van der Waals surface area contributed by atoms with Crippen LogP contribution >= 0.6 is 22.6 Å². The smallest absolute Gasteiger partial charge is 0.129 e. The maximum atomic E-state index is 6.15. The van der Waals surface area contributed by atoms with Gasteiger partial charge in [0.15, 0.2) is 0 Å². The lowest BCUT2D eigenvalue weighted by Crippen LogP contribution is -2.20. The summed E-state index contributed by atoms with van der Waals surface area (Å²) in [7, 11) is 0. The summed E-state index contributed by atoms with van der Waals surface area (Å²) in [6, 6.07) is 16.9. The van der Waals surface area contributed by atoms with Gasteiger partial charge in [0.05, 0.1) is 0 Å². The molecule has 1 nitrogen and oxygen atoms in total. The highest BCUT2D eigenvalue weighted by atomic mass is 127. The number of hydrogen-bond donors (Lipinski definition) is 0. The summed E-state index contributed by atoms with van der Waals surface area (Å²) in [4.78, 5) is 0. The Labute approximate surface area is 120 Å². The molecular formula is C16H11IO. The molecule has 0 N–H and O–H groups in total. The van der Waals surface area contributed by atoms with Crippen molar-refractivity contribution in [2.45, 2.75) is 12.5 Å². The molecule has 1 aliphatic heterocycles. The highest BCUT2D eigenvalue weighted by Crippen LogP contribution is 2.48. The Morgan fingerprint density at radius 1 is 0.944 bits per heavy atom. The molecule has 4 rings (SSSR count). The Hall–Kier alpha value is -1.29.